The molecule has 0 saturated carbocycles. The minimum absolute atomic E-state index is 0.0225. The number of hydrogen-bond acceptors (Lipinski definition) is 3. The molecular weight excluding hydrogens is 293 g/mol. The van der Waals surface area contributed by atoms with Crippen LogP contribution in [0.2, 0.25) is 5.02 Å². The van der Waals surface area contributed by atoms with Gasteiger partial charge in [-0.15, -0.1) is 0 Å². The Morgan fingerprint density at radius 1 is 1.43 bits per heavy atom. The minimum atomic E-state index is -0.309. The summed E-state index contributed by atoms with van der Waals surface area (Å²) < 4.78 is 25.5. The summed E-state index contributed by atoms with van der Waals surface area (Å²) in [4.78, 5) is 0. The van der Waals surface area contributed by atoms with Gasteiger partial charge in [0, 0.05) is 43.7 Å². The van der Waals surface area contributed by atoms with E-state index in [-0.39, 0.29) is 17.5 Å². The Labute approximate surface area is 130 Å². The zero-order valence-corrected chi connectivity index (χ0v) is 13.4. The number of rotatable bonds is 6. The molecule has 1 aromatic carbocycles. The SMILES string of the molecule is CCOC1(C(Cc2cc(Cl)ccc2F)NC)CCOCC1. The predicted octanol–water partition coefficient (Wildman–Crippen LogP) is 3.20. The highest BCUT2D eigenvalue weighted by molar-refractivity contribution is 6.30. The van der Waals surface area contributed by atoms with E-state index in [9.17, 15) is 4.39 Å². The molecule has 1 fully saturated rings. The number of ether oxygens (including phenoxy) is 2. The summed E-state index contributed by atoms with van der Waals surface area (Å²) in [5.41, 5.74) is 0.309. The Kier molecular flexibility index (Phi) is 5.99. The summed E-state index contributed by atoms with van der Waals surface area (Å²) in [6, 6.07) is 4.71. The van der Waals surface area contributed by atoms with Crippen LogP contribution in [0.25, 0.3) is 0 Å². The van der Waals surface area contributed by atoms with Crippen LogP contribution in [0.3, 0.4) is 0 Å². The van der Waals surface area contributed by atoms with E-state index >= 15 is 0 Å². The molecule has 5 heteroatoms. The van der Waals surface area contributed by atoms with Crippen molar-refractivity contribution in [3.63, 3.8) is 0 Å². The first-order chi connectivity index (χ1) is 10.1. The molecule has 0 radical (unpaired) electrons. The summed E-state index contributed by atoms with van der Waals surface area (Å²) in [7, 11) is 1.89. The van der Waals surface area contributed by atoms with Crippen molar-refractivity contribution in [2.45, 2.75) is 37.8 Å². The fourth-order valence-corrected chi connectivity index (χ4v) is 3.26. The van der Waals surface area contributed by atoms with Gasteiger partial charge < -0.3 is 14.8 Å². The van der Waals surface area contributed by atoms with E-state index in [1.54, 1.807) is 12.1 Å². The lowest BCUT2D eigenvalue weighted by Crippen LogP contribution is -2.55. The van der Waals surface area contributed by atoms with E-state index in [2.05, 4.69) is 5.32 Å². The lowest BCUT2D eigenvalue weighted by molar-refractivity contribution is -0.125. The molecule has 1 aromatic rings. The van der Waals surface area contributed by atoms with Gasteiger partial charge in [0.15, 0.2) is 0 Å². The topological polar surface area (TPSA) is 30.5 Å². The van der Waals surface area contributed by atoms with Gasteiger partial charge in [0.25, 0.3) is 0 Å². The highest BCUT2D eigenvalue weighted by Crippen LogP contribution is 2.31. The molecule has 118 valence electrons. The molecule has 0 spiro atoms. The van der Waals surface area contributed by atoms with Crippen molar-refractivity contribution in [2.24, 2.45) is 0 Å². The Balaban J connectivity index is 2.22. The van der Waals surface area contributed by atoms with Crippen LogP contribution in [-0.4, -0.2) is 38.5 Å². The summed E-state index contributed by atoms with van der Waals surface area (Å²) in [6.07, 6.45) is 2.17. The standard InChI is InChI=1S/C16H23ClFNO2/c1-3-21-16(6-8-20-9-7-16)15(19-2)11-12-10-13(17)4-5-14(12)18/h4-5,10,15,19H,3,6-9,11H2,1-2H3. The van der Waals surface area contributed by atoms with Gasteiger partial charge in [-0.25, -0.2) is 4.39 Å². The molecule has 0 bridgehead atoms. The third-order valence-corrected chi connectivity index (χ3v) is 4.42. The molecule has 2 rings (SSSR count). The number of halogens is 2. The van der Waals surface area contributed by atoms with Gasteiger partial charge in [0.1, 0.15) is 5.82 Å². The third kappa shape index (κ3) is 3.95. The molecule has 1 N–H and O–H groups in total. The molecule has 1 aliphatic rings. The predicted molar refractivity (Wildman–Crippen MR) is 82.4 cm³/mol. The van der Waals surface area contributed by atoms with Crippen LogP contribution < -0.4 is 5.32 Å². The Bertz CT molecular complexity index is 458. The number of hydrogen-bond donors (Lipinski definition) is 1. The largest absolute Gasteiger partial charge is 0.381 e. The van der Waals surface area contributed by atoms with E-state index in [0.29, 0.717) is 36.8 Å². The maximum Gasteiger partial charge on any atom is 0.126 e. The van der Waals surface area contributed by atoms with Crippen LogP contribution in [0, 0.1) is 5.82 Å². The average Bonchev–Trinajstić information content (AvgIpc) is 2.49. The van der Waals surface area contributed by atoms with E-state index in [1.807, 2.05) is 14.0 Å². The fourth-order valence-electron chi connectivity index (χ4n) is 3.07. The van der Waals surface area contributed by atoms with E-state index in [4.69, 9.17) is 21.1 Å². The molecule has 1 atom stereocenters. The van der Waals surface area contributed by atoms with Crippen LogP contribution in [0.4, 0.5) is 4.39 Å². The lowest BCUT2D eigenvalue weighted by Gasteiger charge is -2.43. The summed E-state index contributed by atoms with van der Waals surface area (Å²) in [6.45, 7) is 3.98. The Morgan fingerprint density at radius 3 is 2.76 bits per heavy atom. The molecule has 1 heterocycles. The van der Waals surface area contributed by atoms with Crippen molar-refractivity contribution in [2.75, 3.05) is 26.9 Å². The van der Waals surface area contributed by atoms with Crippen LogP contribution in [0.15, 0.2) is 18.2 Å². The van der Waals surface area contributed by atoms with Crippen molar-refractivity contribution in [3.8, 4) is 0 Å². The average molecular weight is 316 g/mol. The van der Waals surface area contributed by atoms with Gasteiger partial charge in [0.2, 0.25) is 0 Å². The maximum absolute atomic E-state index is 14.0. The Hall–Kier alpha value is -0.680. The van der Waals surface area contributed by atoms with Gasteiger partial charge in [0.05, 0.1) is 5.60 Å². The van der Waals surface area contributed by atoms with Gasteiger partial charge in [-0.2, -0.15) is 0 Å². The molecule has 1 saturated heterocycles. The molecule has 0 aromatic heterocycles. The third-order valence-electron chi connectivity index (χ3n) is 4.19. The first kappa shape index (κ1) is 16.7. The second kappa shape index (κ2) is 7.54. The van der Waals surface area contributed by atoms with E-state index in [1.165, 1.54) is 6.07 Å². The van der Waals surface area contributed by atoms with Crippen LogP contribution in [-0.2, 0) is 15.9 Å². The lowest BCUT2D eigenvalue weighted by atomic mass is 9.82. The van der Waals surface area contributed by atoms with Crippen molar-refractivity contribution in [1.82, 2.24) is 5.32 Å². The highest BCUT2D eigenvalue weighted by atomic mass is 35.5. The first-order valence-electron chi connectivity index (χ1n) is 7.44. The second-order valence-corrected chi connectivity index (χ2v) is 5.83. The summed E-state index contributed by atoms with van der Waals surface area (Å²) in [5, 5.41) is 3.86. The number of nitrogens with one attached hydrogen (secondary N) is 1. The summed E-state index contributed by atoms with van der Waals surface area (Å²) in [5.74, 6) is -0.224. The molecule has 21 heavy (non-hydrogen) atoms. The molecule has 0 aliphatic carbocycles. The van der Waals surface area contributed by atoms with Crippen molar-refractivity contribution < 1.29 is 13.9 Å². The maximum atomic E-state index is 14.0. The molecule has 0 amide bonds. The van der Waals surface area contributed by atoms with Gasteiger partial charge in [-0.3, -0.25) is 0 Å². The highest BCUT2D eigenvalue weighted by Gasteiger charge is 2.40. The normalized spacial score (nSPS) is 19.4. The number of benzene rings is 1. The van der Waals surface area contributed by atoms with Gasteiger partial charge in [-0.1, -0.05) is 11.6 Å². The number of likely N-dealkylation sites (N-methyl/N-ethyl adjacent to an activating group) is 1. The molecular formula is C16H23ClFNO2. The summed E-state index contributed by atoms with van der Waals surface area (Å²) >= 11 is 5.99. The van der Waals surface area contributed by atoms with Crippen LogP contribution in [0.5, 0.6) is 0 Å². The van der Waals surface area contributed by atoms with E-state index in [0.717, 1.165) is 12.8 Å². The zero-order valence-electron chi connectivity index (χ0n) is 12.6. The van der Waals surface area contributed by atoms with Gasteiger partial charge in [-0.05, 0) is 44.2 Å². The first-order valence-corrected chi connectivity index (χ1v) is 7.82. The fraction of sp³-hybridized carbons (Fsp3) is 0.625. The molecule has 3 nitrogen and oxygen atoms in total. The Morgan fingerprint density at radius 2 is 2.14 bits per heavy atom. The quantitative estimate of drug-likeness (QED) is 0.874. The zero-order chi connectivity index (χ0) is 15.3. The van der Waals surface area contributed by atoms with Crippen molar-refractivity contribution in [1.29, 1.82) is 0 Å². The van der Waals surface area contributed by atoms with E-state index < -0.39 is 0 Å². The smallest absolute Gasteiger partial charge is 0.126 e. The minimum Gasteiger partial charge on any atom is -0.381 e. The monoisotopic (exact) mass is 315 g/mol. The van der Waals surface area contributed by atoms with Crippen molar-refractivity contribution >= 4 is 11.6 Å². The van der Waals surface area contributed by atoms with Crippen LogP contribution >= 0.6 is 11.6 Å². The van der Waals surface area contributed by atoms with Crippen LogP contribution in [0.1, 0.15) is 25.3 Å². The molecule has 1 aliphatic heterocycles. The molecule has 1 unspecified atom stereocenters. The second-order valence-electron chi connectivity index (χ2n) is 5.39. The van der Waals surface area contributed by atoms with Crippen molar-refractivity contribution in [3.05, 3.63) is 34.6 Å². The van der Waals surface area contributed by atoms with Gasteiger partial charge >= 0.3 is 0 Å².